The first-order valence-corrected chi connectivity index (χ1v) is 11.6. The van der Waals surface area contributed by atoms with Gasteiger partial charge in [-0.3, -0.25) is 9.59 Å². The smallest absolute Gasteiger partial charge is 0.336 e. The minimum atomic E-state index is -0.944. The van der Waals surface area contributed by atoms with Crippen LogP contribution >= 0.6 is 0 Å². The molecule has 0 saturated carbocycles. The second kappa shape index (κ2) is 11.3. The molecule has 8 heteroatoms. The normalized spacial score (nSPS) is 22.1. The van der Waals surface area contributed by atoms with Gasteiger partial charge in [-0.15, -0.1) is 0 Å². The fourth-order valence-corrected chi connectivity index (χ4v) is 4.68. The first-order chi connectivity index (χ1) is 16.3. The molecule has 0 aromatic heterocycles. The molecule has 0 bridgehead atoms. The van der Waals surface area contributed by atoms with Crippen LogP contribution in [0.1, 0.15) is 45.1 Å². The second-order valence-electron chi connectivity index (χ2n) is 8.53. The molecule has 3 rings (SSSR count). The van der Waals surface area contributed by atoms with Crippen molar-refractivity contribution in [3.63, 3.8) is 0 Å². The molecular formula is C26H33NO7. The average molecular weight is 472 g/mol. The van der Waals surface area contributed by atoms with Crippen LogP contribution in [0.3, 0.4) is 0 Å². The summed E-state index contributed by atoms with van der Waals surface area (Å²) in [5.41, 5.74) is 2.64. The number of dihydropyridines is 1. The highest BCUT2D eigenvalue weighted by Crippen LogP contribution is 2.47. The van der Waals surface area contributed by atoms with E-state index in [2.05, 4.69) is 5.32 Å². The van der Waals surface area contributed by atoms with E-state index in [1.165, 1.54) is 14.2 Å². The molecule has 184 valence electrons. The number of nitrogens with one attached hydrogen (secondary N) is 1. The van der Waals surface area contributed by atoms with E-state index in [9.17, 15) is 14.4 Å². The number of carbonyl (C=O) groups excluding carboxylic acids is 3. The van der Waals surface area contributed by atoms with Crippen LogP contribution in [0.15, 0.2) is 46.8 Å². The van der Waals surface area contributed by atoms with Crippen molar-refractivity contribution in [1.29, 1.82) is 0 Å². The maximum atomic E-state index is 13.7. The van der Waals surface area contributed by atoms with Gasteiger partial charge in [-0.1, -0.05) is 32.0 Å². The van der Waals surface area contributed by atoms with E-state index in [1.807, 2.05) is 32.0 Å². The molecule has 1 aromatic rings. The molecule has 0 radical (unpaired) electrons. The summed E-state index contributed by atoms with van der Waals surface area (Å²) in [6, 6.07) is 7.25. The summed E-state index contributed by atoms with van der Waals surface area (Å²) in [4.78, 5) is 39.5. The van der Waals surface area contributed by atoms with Gasteiger partial charge in [0.25, 0.3) is 0 Å². The Morgan fingerprint density at radius 3 is 2.53 bits per heavy atom. The quantitative estimate of drug-likeness (QED) is 0.333. The Hall–Kier alpha value is -3.13. The lowest BCUT2D eigenvalue weighted by molar-refractivity contribution is -0.151. The Morgan fingerprint density at radius 2 is 1.85 bits per heavy atom. The molecule has 8 nitrogen and oxygen atoms in total. The number of ether oxygens (including phenoxy) is 4. The minimum absolute atomic E-state index is 0.0932. The van der Waals surface area contributed by atoms with Gasteiger partial charge in [-0.05, 0) is 31.7 Å². The van der Waals surface area contributed by atoms with Gasteiger partial charge in [-0.2, -0.15) is 0 Å². The van der Waals surface area contributed by atoms with Crippen LogP contribution in [0.2, 0.25) is 0 Å². The number of ketones is 1. The SMILES string of the molecule is CCCOCCOC(=O)C1=C(C)NC2=C(C(=O)[C@H](C(=O)OC)[C@@H](C)C2)[C@H]1c1ccccc1OC. The highest BCUT2D eigenvalue weighted by molar-refractivity contribution is 6.12. The van der Waals surface area contributed by atoms with Crippen molar-refractivity contribution in [2.75, 3.05) is 34.0 Å². The molecule has 3 atom stereocenters. The molecule has 0 spiro atoms. The molecule has 1 heterocycles. The summed E-state index contributed by atoms with van der Waals surface area (Å²) in [5, 5.41) is 3.25. The summed E-state index contributed by atoms with van der Waals surface area (Å²) < 4.78 is 21.5. The van der Waals surface area contributed by atoms with Crippen molar-refractivity contribution in [3.05, 3.63) is 52.4 Å². The zero-order chi connectivity index (χ0) is 24.8. The number of benzene rings is 1. The highest BCUT2D eigenvalue weighted by Gasteiger charge is 2.47. The summed E-state index contributed by atoms with van der Waals surface area (Å²) in [6.45, 7) is 6.60. The Bertz CT molecular complexity index is 1010. The number of methoxy groups -OCH3 is 2. The van der Waals surface area contributed by atoms with E-state index in [0.29, 0.717) is 46.9 Å². The van der Waals surface area contributed by atoms with E-state index >= 15 is 0 Å². The van der Waals surface area contributed by atoms with E-state index in [1.54, 1.807) is 13.0 Å². The van der Waals surface area contributed by atoms with Gasteiger partial charge in [0, 0.05) is 29.1 Å². The fraction of sp³-hybridized carbons (Fsp3) is 0.500. The zero-order valence-corrected chi connectivity index (χ0v) is 20.4. The number of allylic oxidation sites excluding steroid dienone is 3. The van der Waals surface area contributed by atoms with Crippen LogP contribution < -0.4 is 10.1 Å². The molecule has 1 aliphatic carbocycles. The largest absolute Gasteiger partial charge is 0.496 e. The summed E-state index contributed by atoms with van der Waals surface area (Å²) in [6.07, 6.45) is 1.34. The number of rotatable bonds is 9. The van der Waals surface area contributed by atoms with Crippen molar-refractivity contribution >= 4 is 17.7 Å². The lowest BCUT2D eigenvalue weighted by Crippen LogP contribution is -2.43. The van der Waals surface area contributed by atoms with Crippen LogP contribution in [0.5, 0.6) is 5.75 Å². The highest BCUT2D eigenvalue weighted by atomic mass is 16.6. The molecule has 1 aliphatic heterocycles. The van der Waals surface area contributed by atoms with E-state index in [0.717, 1.165) is 6.42 Å². The van der Waals surface area contributed by atoms with Crippen LogP contribution in [0.25, 0.3) is 0 Å². The molecular weight excluding hydrogens is 438 g/mol. The Morgan fingerprint density at radius 1 is 1.12 bits per heavy atom. The minimum Gasteiger partial charge on any atom is -0.496 e. The Labute approximate surface area is 200 Å². The standard InChI is InChI=1S/C26H33NO7/c1-6-11-33-12-13-34-26(30)21-16(3)27-18-14-15(2)20(25(29)32-5)24(28)23(18)22(21)17-9-7-8-10-19(17)31-4/h7-10,15,20,22,27H,6,11-14H2,1-5H3/t15-,20+,22-/m0/s1. The van der Waals surface area contributed by atoms with Crippen LogP contribution in [0.4, 0.5) is 0 Å². The number of para-hydroxylation sites is 1. The molecule has 1 N–H and O–H groups in total. The molecule has 34 heavy (non-hydrogen) atoms. The number of esters is 2. The van der Waals surface area contributed by atoms with Gasteiger partial charge < -0.3 is 24.3 Å². The summed E-state index contributed by atoms with van der Waals surface area (Å²) >= 11 is 0. The van der Waals surface area contributed by atoms with Crippen molar-refractivity contribution < 1.29 is 33.3 Å². The second-order valence-corrected chi connectivity index (χ2v) is 8.53. The monoisotopic (exact) mass is 471 g/mol. The molecule has 0 unspecified atom stereocenters. The molecule has 0 amide bonds. The predicted octanol–water partition coefficient (Wildman–Crippen LogP) is 3.28. The lowest BCUT2D eigenvalue weighted by atomic mass is 9.69. The summed E-state index contributed by atoms with van der Waals surface area (Å²) in [7, 11) is 2.81. The van der Waals surface area contributed by atoms with E-state index in [4.69, 9.17) is 18.9 Å². The van der Waals surface area contributed by atoms with Gasteiger partial charge in [0.15, 0.2) is 5.78 Å². The third kappa shape index (κ3) is 5.01. The third-order valence-corrected chi connectivity index (χ3v) is 6.22. The first kappa shape index (κ1) is 25.5. The Balaban J connectivity index is 2.06. The van der Waals surface area contributed by atoms with Crippen molar-refractivity contribution in [1.82, 2.24) is 5.32 Å². The molecule has 2 aliphatic rings. The molecule has 0 fully saturated rings. The first-order valence-electron chi connectivity index (χ1n) is 11.6. The van der Waals surface area contributed by atoms with Crippen molar-refractivity contribution in [3.8, 4) is 5.75 Å². The van der Waals surface area contributed by atoms with E-state index < -0.39 is 23.8 Å². The van der Waals surface area contributed by atoms with Crippen molar-refractivity contribution in [2.45, 2.75) is 39.5 Å². The summed E-state index contributed by atoms with van der Waals surface area (Å²) in [5.74, 6) is -2.88. The maximum Gasteiger partial charge on any atom is 0.336 e. The van der Waals surface area contributed by atoms with Gasteiger partial charge in [-0.25, -0.2) is 4.79 Å². The average Bonchev–Trinajstić information content (AvgIpc) is 2.82. The Kier molecular flexibility index (Phi) is 8.50. The van der Waals surface area contributed by atoms with E-state index in [-0.39, 0.29) is 24.9 Å². The lowest BCUT2D eigenvalue weighted by Gasteiger charge is -2.38. The van der Waals surface area contributed by atoms with Gasteiger partial charge in [0.05, 0.1) is 32.3 Å². The zero-order valence-electron chi connectivity index (χ0n) is 20.4. The topological polar surface area (TPSA) is 100 Å². The molecule has 0 saturated heterocycles. The van der Waals surface area contributed by atoms with Gasteiger partial charge in [0.2, 0.25) is 0 Å². The fourth-order valence-electron chi connectivity index (χ4n) is 4.68. The van der Waals surface area contributed by atoms with Crippen LogP contribution in [-0.4, -0.2) is 51.8 Å². The van der Waals surface area contributed by atoms with Crippen molar-refractivity contribution in [2.24, 2.45) is 11.8 Å². The van der Waals surface area contributed by atoms with Gasteiger partial charge in [0.1, 0.15) is 18.3 Å². The predicted molar refractivity (Wildman–Crippen MR) is 125 cm³/mol. The molecule has 1 aromatic carbocycles. The number of carbonyl (C=O) groups is 3. The number of hydrogen-bond acceptors (Lipinski definition) is 8. The number of Topliss-reactive ketones (excluding diaryl/α,β-unsaturated/α-hetero) is 1. The maximum absolute atomic E-state index is 13.7. The number of hydrogen-bond donors (Lipinski definition) is 1. The van der Waals surface area contributed by atoms with Gasteiger partial charge >= 0.3 is 11.9 Å². The van der Waals surface area contributed by atoms with Crippen LogP contribution in [0, 0.1) is 11.8 Å². The third-order valence-electron chi connectivity index (χ3n) is 6.22. The van der Waals surface area contributed by atoms with Crippen LogP contribution in [-0.2, 0) is 28.6 Å².